The van der Waals surface area contributed by atoms with Crippen LogP contribution in [0.15, 0.2) is 0 Å². The monoisotopic (exact) mass is 229 g/mol. The molecule has 1 atom stereocenters. The summed E-state index contributed by atoms with van der Waals surface area (Å²) in [6, 6.07) is 0. The summed E-state index contributed by atoms with van der Waals surface area (Å²) in [6.07, 6.45) is 2.43. The first-order valence-corrected chi connectivity index (χ1v) is 7.20. The quantitative estimate of drug-likeness (QED) is 0.745. The van der Waals surface area contributed by atoms with Crippen LogP contribution in [0.3, 0.4) is 0 Å². The third kappa shape index (κ3) is 2.34. The number of nitrogens with one attached hydrogen (secondary N) is 1. The lowest BCUT2D eigenvalue weighted by molar-refractivity contribution is -0.191. The summed E-state index contributed by atoms with van der Waals surface area (Å²) >= 11 is 2.06. The van der Waals surface area contributed by atoms with Crippen molar-refractivity contribution in [3.63, 3.8) is 0 Å². The van der Waals surface area contributed by atoms with Crippen LogP contribution in [0.25, 0.3) is 0 Å². The number of hydrogen-bond acceptors (Lipinski definition) is 3. The van der Waals surface area contributed by atoms with E-state index in [-0.39, 0.29) is 11.2 Å². The molecule has 2 aliphatic heterocycles. The minimum absolute atomic E-state index is 0.0280. The minimum atomic E-state index is 0.0280. The lowest BCUT2D eigenvalue weighted by atomic mass is 9.85. The summed E-state index contributed by atoms with van der Waals surface area (Å²) in [5.41, 5.74) is 0.169. The van der Waals surface area contributed by atoms with Crippen LogP contribution in [0.4, 0.5) is 0 Å². The largest absolute Gasteiger partial charge is 0.366 e. The lowest BCUT2D eigenvalue weighted by Crippen LogP contribution is -2.62. The molecule has 1 unspecified atom stereocenters. The van der Waals surface area contributed by atoms with E-state index in [1.807, 2.05) is 0 Å². The van der Waals surface area contributed by atoms with E-state index in [4.69, 9.17) is 4.74 Å². The highest BCUT2D eigenvalue weighted by Gasteiger charge is 2.45. The number of thioether (sulfide) groups is 1. The van der Waals surface area contributed by atoms with Gasteiger partial charge in [-0.25, -0.2) is 0 Å². The van der Waals surface area contributed by atoms with Gasteiger partial charge in [0.1, 0.15) is 0 Å². The highest BCUT2D eigenvalue weighted by molar-refractivity contribution is 7.99. The highest BCUT2D eigenvalue weighted by atomic mass is 32.2. The van der Waals surface area contributed by atoms with E-state index in [9.17, 15) is 0 Å². The highest BCUT2D eigenvalue weighted by Crippen LogP contribution is 2.38. The fraction of sp³-hybridized carbons (Fsp3) is 1.00. The van der Waals surface area contributed by atoms with Crippen LogP contribution in [0.1, 0.15) is 33.6 Å². The maximum atomic E-state index is 6.49. The lowest BCUT2D eigenvalue weighted by Gasteiger charge is -2.50. The molecule has 2 saturated heterocycles. The van der Waals surface area contributed by atoms with Gasteiger partial charge in [-0.05, 0) is 37.2 Å². The topological polar surface area (TPSA) is 21.3 Å². The van der Waals surface area contributed by atoms with Gasteiger partial charge >= 0.3 is 0 Å². The second-order valence-corrected chi connectivity index (χ2v) is 6.69. The van der Waals surface area contributed by atoms with Crippen LogP contribution in [0, 0.1) is 5.92 Å². The molecule has 0 aromatic heterocycles. The average Bonchev–Trinajstić information content (AvgIpc) is 2.18. The minimum Gasteiger partial charge on any atom is -0.366 e. The smallest absolute Gasteiger partial charge is 0.0830 e. The first kappa shape index (κ1) is 11.7. The van der Waals surface area contributed by atoms with Crippen LogP contribution < -0.4 is 5.32 Å². The molecule has 2 nitrogen and oxygen atoms in total. The van der Waals surface area contributed by atoms with Crippen molar-refractivity contribution in [3.8, 4) is 0 Å². The van der Waals surface area contributed by atoms with Crippen molar-refractivity contribution < 1.29 is 4.74 Å². The number of ether oxygens (including phenoxy) is 1. The zero-order valence-corrected chi connectivity index (χ0v) is 11.0. The third-order valence-electron chi connectivity index (χ3n) is 4.00. The van der Waals surface area contributed by atoms with Crippen molar-refractivity contribution in [2.45, 2.75) is 44.8 Å². The Morgan fingerprint density at radius 2 is 1.87 bits per heavy atom. The predicted molar refractivity (Wildman–Crippen MR) is 66.5 cm³/mol. The van der Waals surface area contributed by atoms with Crippen molar-refractivity contribution in [2.75, 3.05) is 24.6 Å². The third-order valence-corrected chi connectivity index (χ3v) is 4.98. The molecule has 2 rings (SSSR count). The van der Waals surface area contributed by atoms with Crippen LogP contribution in [0.2, 0.25) is 0 Å². The first-order chi connectivity index (χ1) is 7.06. The second kappa shape index (κ2) is 4.27. The van der Waals surface area contributed by atoms with Gasteiger partial charge in [0, 0.05) is 13.1 Å². The maximum absolute atomic E-state index is 6.49. The Kier molecular flexibility index (Phi) is 3.34. The zero-order chi connectivity index (χ0) is 10.9. The Labute approximate surface area is 97.5 Å². The van der Waals surface area contributed by atoms with Gasteiger partial charge in [-0.2, -0.15) is 11.8 Å². The molecule has 0 saturated carbocycles. The molecular formula is C12H23NOS. The van der Waals surface area contributed by atoms with E-state index in [1.54, 1.807) is 0 Å². The second-order valence-electron chi connectivity index (χ2n) is 5.47. The standard InChI is InChI=1S/C12H23NOS/c1-10(2)11(3)8-13-9-12(14-11)4-6-15-7-5-12/h10,13H,4-9H2,1-3H3. The van der Waals surface area contributed by atoms with Gasteiger partial charge in [0.05, 0.1) is 11.2 Å². The molecule has 0 bridgehead atoms. The fourth-order valence-electron chi connectivity index (χ4n) is 2.45. The maximum Gasteiger partial charge on any atom is 0.0830 e. The molecular weight excluding hydrogens is 206 g/mol. The molecule has 0 radical (unpaired) electrons. The molecule has 88 valence electrons. The molecule has 3 heteroatoms. The Bertz CT molecular complexity index is 220. The van der Waals surface area contributed by atoms with Gasteiger partial charge in [0.2, 0.25) is 0 Å². The van der Waals surface area contributed by atoms with Gasteiger partial charge < -0.3 is 10.1 Å². The summed E-state index contributed by atoms with van der Waals surface area (Å²) in [5.74, 6) is 3.10. The SMILES string of the molecule is CC(C)C1(C)CNCC2(CCSCC2)O1. The van der Waals surface area contributed by atoms with Crippen molar-refractivity contribution >= 4 is 11.8 Å². The van der Waals surface area contributed by atoms with Gasteiger partial charge in [0.25, 0.3) is 0 Å². The van der Waals surface area contributed by atoms with Gasteiger partial charge in [-0.1, -0.05) is 13.8 Å². The average molecular weight is 229 g/mol. The summed E-state index contributed by atoms with van der Waals surface area (Å²) in [5, 5.41) is 3.58. The van der Waals surface area contributed by atoms with Gasteiger partial charge in [-0.3, -0.25) is 0 Å². The molecule has 1 spiro atoms. The van der Waals surface area contributed by atoms with Crippen molar-refractivity contribution in [3.05, 3.63) is 0 Å². The van der Waals surface area contributed by atoms with E-state index < -0.39 is 0 Å². The number of morpholine rings is 1. The summed E-state index contributed by atoms with van der Waals surface area (Å²) in [7, 11) is 0. The molecule has 0 aromatic carbocycles. The van der Waals surface area contributed by atoms with Crippen molar-refractivity contribution in [1.82, 2.24) is 5.32 Å². The number of rotatable bonds is 1. The Hall–Kier alpha value is 0.270. The Morgan fingerprint density at radius 1 is 1.20 bits per heavy atom. The van der Waals surface area contributed by atoms with E-state index in [1.165, 1.54) is 24.3 Å². The molecule has 0 aliphatic carbocycles. The van der Waals surface area contributed by atoms with Crippen LogP contribution in [-0.2, 0) is 4.74 Å². The summed E-state index contributed by atoms with van der Waals surface area (Å²) < 4.78 is 6.49. The molecule has 2 fully saturated rings. The van der Waals surface area contributed by atoms with Crippen LogP contribution >= 0.6 is 11.8 Å². The molecule has 2 heterocycles. The Morgan fingerprint density at radius 3 is 2.47 bits per heavy atom. The molecule has 0 amide bonds. The van der Waals surface area contributed by atoms with E-state index in [2.05, 4.69) is 37.8 Å². The Balaban J connectivity index is 2.08. The van der Waals surface area contributed by atoms with Crippen LogP contribution in [-0.4, -0.2) is 35.8 Å². The normalized spacial score (nSPS) is 36.0. The van der Waals surface area contributed by atoms with Crippen LogP contribution in [0.5, 0.6) is 0 Å². The van der Waals surface area contributed by atoms with E-state index in [0.717, 1.165) is 13.1 Å². The molecule has 1 N–H and O–H groups in total. The van der Waals surface area contributed by atoms with Crippen molar-refractivity contribution in [1.29, 1.82) is 0 Å². The number of hydrogen-bond donors (Lipinski definition) is 1. The molecule has 15 heavy (non-hydrogen) atoms. The molecule has 0 aromatic rings. The van der Waals surface area contributed by atoms with Crippen molar-refractivity contribution in [2.24, 2.45) is 5.92 Å². The summed E-state index contributed by atoms with van der Waals surface area (Å²) in [6.45, 7) is 8.83. The first-order valence-electron chi connectivity index (χ1n) is 6.05. The molecule has 2 aliphatic rings. The van der Waals surface area contributed by atoms with E-state index >= 15 is 0 Å². The van der Waals surface area contributed by atoms with Gasteiger partial charge in [-0.15, -0.1) is 0 Å². The fourth-order valence-corrected chi connectivity index (χ4v) is 3.69. The van der Waals surface area contributed by atoms with Gasteiger partial charge in [0.15, 0.2) is 0 Å². The predicted octanol–water partition coefficient (Wildman–Crippen LogP) is 2.29. The summed E-state index contributed by atoms with van der Waals surface area (Å²) in [4.78, 5) is 0. The zero-order valence-electron chi connectivity index (χ0n) is 10.1. The van der Waals surface area contributed by atoms with E-state index in [0.29, 0.717) is 5.92 Å².